The molecule has 19 heavy (non-hydrogen) atoms. The maximum Gasteiger partial charge on any atom is 0.291 e. The van der Waals surface area contributed by atoms with Crippen molar-refractivity contribution in [2.75, 3.05) is 5.32 Å². The van der Waals surface area contributed by atoms with Crippen LogP contribution in [-0.4, -0.2) is 5.91 Å². The second-order valence-electron chi connectivity index (χ2n) is 4.61. The van der Waals surface area contributed by atoms with Gasteiger partial charge in [-0.25, -0.2) is 0 Å². The van der Waals surface area contributed by atoms with Gasteiger partial charge in [-0.1, -0.05) is 24.3 Å². The van der Waals surface area contributed by atoms with Crippen LogP contribution in [-0.2, 0) is 0 Å². The van der Waals surface area contributed by atoms with Gasteiger partial charge in [-0.2, -0.15) is 0 Å². The zero-order valence-corrected chi connectivity index (χ0v) is 11.4. The van der Waals surface area contributed by atoms with Crippen LogP contribution in [0, 0.1) is 20.8 Å². The van der Waals surface area contributed by atoms with E-state index in [0.29, 0.717) is 5.76 Å². The van der Waals surface area contributed by atoms with Crippen molar-refractivity contribution in [3.05, 3.63) is 59.1 Å². The number of nitrogens with one attached hydrogen (secondary N) is 1. The number of carbonyl (C=O) groups is 1. The van der Waals surface area contributed by atoms with Gasteiger partial charge in [0.25, 0.3) is 5.91 Å². The van der Waals surface area contributed by atoms with Crippen molar-refractivity contribution in [1.82, 2.24) is 0 Å². The van der Waals surface area contributed by atoms with Gasteiger partial charge in [-0.3, -0.25) is 4.79 Å². The number of amides is 1. The molecule has 3 heteroatoms. The van der Waals surface area contributed by atoms with E-state index in [1.807, 2.05) is 32.9 Å². The lowest BCUT2D eigenvalue weighted by molar-refractivity contribution is 0.0995. The van der Waals surface area contributed by atoms with Crippen molar-refractivity contribution < 1.29 is 9.21 Å². The molecule has 0 saturated heterocycles. The molecule has 2 aromatic rings. The summed E-state index contributed by atoms with van der Waals surface area (Å²) >= 11 is 0. The number of hydrogen-bond donors (Lipinski definition) is 1. The van der Waals surface area contributed by atoms with Crippen molar-refractivity contribution in [3.8, 4) is 0 Å². The van der Waals surface area contributed by atoms with Crippen LogP contribution >= 0.6 is 0 Å². The highest BCUT2D eigenvalue weighted by Gasteiger charge is 2.13. The summed E-state index contributed by atoms with van der Waals surface area (Å²) in [6.45, 7) is 9.57. The molecular formula is C16H17NO2. The number of carbonyl (C=O) groups excluding carboxylic acids is 1. The molecule has 0 bridgehead atoms. The van der Waals surface area contributed by atoms with Crippen LogP contribution in [0.2, 0.25) is 0 Å². The Morgan fingerprint density at radius 3 is 2.58 bits per heavy atom. The molecule has 0 fully saturated rings. The first kappa shape index (κ1) is 13.1. The topological polar surface area (TPSA) is 42.2 Å². The summed E-state index contributed by atoms with van der Waals surface area (Å²) in [6.07, 6.45) is 1.74. The zero-order chi connectivity index (χ0) is 14.0. The quantitative estimate of drug-likeness (QED) is 0.897. The second kappa shape index (κ2) is 5.14. The fourth-order valence-corrected chi connectivity index (χ4v) is 2.06. The van der Waals surface area contributed by atoms with Crippen molar-refractivity contribution >= 4 is 17.7 Å². The van der Waals surface area contributed by atoms with Gasteiger partial charge in [0.1, 0.15) is 5.76 Å². The van der Waals surface area contributed by atoms with Gasteiger partial charge in [-0.05, 0) is 50.1 Å². The lowest BCUT2D eigenvalue weighted by Crippen LogP contribution is -2.13. The first-order valence-electron chi connectivity index (χ1n) is 6.12. The van der Waals surface area contributed by atoms with Gasteiger partial charge in [-0.15, -0.1) is 0 Å². The van der Waals surface area contributed by atoms with E-state index >= 15 is 0 Å². The molecule has 0 aliphatic heterocycles. The molecule has 0 atom stereocenters. The second-order valence-corrected chi connectivity index (χ2v) is 4.61. The monoisotopic (exact) mass is 255 g/mol. The number of aryl methyl sites for hydroxylation is 3. The molecule has 0 aliphatic rings. The predicted octanol–water partition coefficient (Wildman–Crippen LogP) is 4.10. The van der Waals surface area contributed by atoms with E-state index in [2.05, 4.69) is 11.9 Å². The number of benzene rings is 1. The van der Waals surface area contributed by atoms with E-state index < -0.39 is 0 Å². The molecule has 0 unspecified atom stereocenters. The SMILES string of the molecule is C=Cc1cc(C)cc(C)c1NC(=O)c1ccc(C)o1. The van der Waals surface area contributed by atoms with Crippen LogP contribution in [0.25, 0.3) is 6.08 Å². The number of hydrogen-bond acceptors (Lipinski definition) is 2. The molecule has 0 spiro atoms. The van der Waals surface area contributed by atoms with Crippen LogP contribution in [0.1, 0.15) is 33.0 Å². The summed E-state index contributed by atoms with van der Waals surface area (Å²) in [7, 11) is 0. The van der Waals surface area contributed by atoms with E-state index in [4.69, 9.17) is 4.42 Å². The van der Waals surface area contributed by atoms with Crippen LogP contribution in [0.5, 0.6) is 0 Å². The van der Waals surface area contributed by atoms with Crippen LogP contribution < -0.4 is 5.32 Å². The average molecular weight is 255 g/mol. The van der Waals surface area contributed by atoms with Crippen molar-refractivity contribution in [2.45, 2.75) is 20.8 Å². The highest BCUT2D eigenvalue weighted by molar-refractivity contribution is 6.03. The molecule has 1 heterocycles. The van der Waals surface area contributed by atoms with Crippen molar-refractivity contribution in [3.63, 3.8) is 0 Å². The molecule has 1 aromatic heterocycles. The summed E-state index contributed by atoms with van der Waals surface area (Å²) in [5.41, 5.74) is 3.83. The third kappa shape index (κ3) is 2.76. The fourth-order valence-electron chi connectivity index (χ4n) is 2.06. The molecule has 0 saturated carbocycles. The van der Waals surface area contributed by atoms with E-state index in [1.165, 1.54) is 0 Å². The molecule has 3 nitrogen and oxygen atoms in total. The first-order valence-corrected chi connectivity index (χ1v) is 6.12. The molecule has 98 valence electrons. The fraction of sp³-hybridized carbons (Fsp3) is 0.188. The van der Waals surface area contributed by atoms with Gasteiger partial charge in [0.15, 0.2) is 5.76 Å². The molecular weight excluding hydrogens is 238 g/mol. The molecule has 1 N–H and O–H groups in total. The Kier molecular flexibility index (Phi) is 3.56. The lowest BCUT2D eigenvalue weighted by atomic mass is 10.0. The molecule has 1 amide bonds. The number of rotatable bonds is 3. The third-order valence-corrected chi connectivity index (χ3v) is 2.93. The van der Waals surface area contributed by atoms with Crippen LogP contribution in [0.4, 0.5) is 5.69 Å². The van der Waals surface area contributed by atoms with Gasteiger partial charge in [0, 0.05) is 0 Å². The first-order chi connectivity index (χ1) is 9.01. The molecule has 0 aliphatic carbocycles. The van der Waals surface area contributed by atoms with E-state index in [1.54, 1.807) is 18.2 Å². The van der Waals surface area contributed by atoms with Crippen LogP contribution in [0.3, 0.4) is 0 Å². The Balaban J connectivity index is 2.33. The summed E-state index contributed by atoms with van der Waals surface area (Å²) in [5.74, 6) is 0.783. The maximum atomic E-state index is 12.1. The zero-order valence-electron chi connectivity index (χ0n) is 11.4. The Morgan fingerprint density at radius 2 is 2.00 bits per heavy atom. The van der Waals surface area contributed by atoms with Gasteiger partial charge >= 0.3 is 0 Å². The highest BCUT2D eigenvalue weighted by Crippen LogP contribution is 2.24. The minimum atomic E-state index is -0.247. The van der Waals surface area contributed by atoms with Crippen molar-refractivity contribution in [1.29, 1.82) is 0 Å². The van der Waals surface area contributed by atoms with E-state index in [0.717, 1.165) is 28.1 Å². The standard InChI is InChI=1S/C16H17NO2/c1-5-13-9-10(2)8-11(3)15(13)17-16(18)14-7-6-12(4)19-14/h5-9H,1H2,2-4H3,(H,17,18). The predicted molar refractivity (Wildman–Crippen MR) is 77.4 cm³/mol. The van der Waals surface area contributed by atoms with Gasteiger partial charge in [0.05, 0.1) is 5.69 Å². The summed E-state index contributed by atoms with van der Waals surface area (Å²) in [4.78, 5) is 12.1. The lowest BCUT2D eigenvalue weighted by Gasteiger charge is -2.12. The molecule has 0 radical (unpaired) electrons. The van der Waals surface area contributed by atoms with Gasteiger partial charge < -0.3 is 9.73 Å². The summed E-state index contributed by atoms with van der Waals surface area (Å²) < 4.78 is 5.32. The molecule has 1 aromatic carbocycles. The Labute approximate surface area is 112 Å². The third-order valence-electron chi connectivity index (χ3n) is 2.93. The van der Waals surface area contributed by atoms with E-state index in [-0.39, 0.29) is 5.91 Å². The highest BCUT2D eigenvalue weighted by atomic mass is 16.3. The normalized spacial score (nSPS) is 10.3. The Hall–Kier alpha value is -2.29. The molecule has 2 rings (SSSR count). The number of anilines is 1. The minimum Gasteiger partial charge on any atom is -0.456 e. The minimum absolute atomic E-state index is 0.247. The van der Waals surface area contributed by atoms with Gasteiger partial charge in [0.2, 0.25) is 0 Å². The summed E-state index contributed by atoms with van der Waals surface area (Å²) in [5, 5.41) is 2.88. The number of furan rings is 1. The smallest absolute Gasteiger partial charge is 0.291 e. The average Bonchev–Trinajstić information content (AvgIpc) is 2.78. The Morgan fingerprint density at radius 1 is 1.26 bits per heavy atom. The Bertz CT molecular complexity index is 638. The maximum absolute atomic E-state index is 12.1. The largest absolute Gasteiger partial charge is 0.456 e. The van der Waals surface area contributed by atoms with Crippen LogP contribution in [0.15, 0.2) is 35.3 Å². The van der Waals surface area contributed by atoms with E-state index in [9.17, 15) is 4.79 Å². The van der Waals surface area contributed by atoms with Crippen molar-refractivity contribution in [2.24, 2.45) is 0 Å². The summed E-state index contributed by atoms with van der Waals surface area (Å²) in [6, 6.07) is 7.45.